The molecule has 3 unspecified atom stereocenters. The third-order valence-electron chi connectivity index (χ3n) is 7.68. The highest BCUT2D eigenvalue weighted by atomic mass is 35.5. The summed E-state index contributed by atoms with van der Waals surface area (Å²) in [6, 6.07) is 33.2. The normalized spacial score (nSPS) is 18.2. The van der Waals surface area contributed by atoms with E-state index in [9.17, 15) is 9.90 Å². The minimum atomic E-state index is -0.609. The van der Waals surface area contributed by atoms with Gasteiger partial charge in [0.25, 0.3) is 5.91 Å². The second-order valence-corrected chi connectivity index (χ2v) is 11.4. The number of amides is 1. The quantitative estimate of drug-likeness (QED) is 0.176. The maximum Gasteiger partial charge on any atom is 0.251 e. The summed E-state index contributed by atoms with van der Waals surface area (Å²) in [5, 5.41) is 13.1. The topological polar surface area (TPSA) is 85.6 Å². The molecule has 0 bridgehead atoms. The summed E-state index contributed by atoms with van der Waals surface area (Å²) < 4.78 is 14.7. The molecule has 44 heavy (non-hydrogen) atoms. The molecule has 5 aromatic rings. The average Bonchev–Trinajstić information content (AvgIpc) is 3.39. The minimum Gasteiger partial charge on any atom is -0.392 e. The maximum atomic E-state index is 12.5. The Morgan fingerprint density at radius 2 is 1.61 bits per heavy atom. The van der Waals surface area contributed by atoms with E-state index >= 15 is 0 Å². The fourth-order valence-electron chi connectivity index (χ4n) is 5.29. The molecular weight excluding hydrogens is 597 g/mol. The summed E-state index contributed by atoms with van der Waals surface area (Å²) in [4.78, 5) is 16.6. The van der Waals surface area contributed by atoms with Crippen molar-refractivity contribution in [2.75, 3.05) is 0 Å². The van der Waals surface area contributed by atoms with Crippen LogP contribution in [0, 0.1) is 0 Å². The third-order valence-corrected chi connectivity index (χ3v) is 8.45. The highest BCUT2D eigenvalue weighted by molar-refractivity contribution is 6.40. The van der Waals surface area contributed by atoms with Crippen LogP contribution in [0.3, 0.4) is 0 Å². The van der Waals surface area contributed by atoms with Crippen LogP contribution in [-0.4, -0.2) is 26.7 Å². The summed E-state index contributed by atoms with van der Waals surface area (Å²) in [6.45, 7) is 0.880. The molecule has 2 N–H and O–H groups in total. The van der Waals surface area contributed by atoms with Crippen molar-refractivity contribution in [3.05, 3.63) is 148 Å². The standard InChI is InChI=1S/C35H31Cl2N3O4/c36-32-33(37)40(22-39-32)20-30-18-31(26-11-9-23(21-41)10-12-26)44-35(43-30)28-15-13-25(14-16-28)29-8-4-5-24(17-29)19-38-34(42)27-6-2-1-3-7-27/h1-17,22,30-31,35,41H,18-21H2,(H,38,42). The lowest BCUT2D eigenvalue weighted by Gasteiger charge is -2.36. The fraction of sp³-hybridized carbons (Fsp3) is 0.200. The summed E-state index contributed by atoms with van der Waals surface area (Å²) in [5.74, 6) is -0.104. The van der Waals surface area contributed by atoms with Gasteiger partial charge in [-0.1, -0.05) is 108 Å². The van der Waals surface area contributed by atoms with Crippen LogP contribution in [-0.2, 0) is 29.2 Å². The Morgan fingerprint density at radius 3 is 2.32 bits per heavy atom. The largest absolute Gasteiger partial charge is 0.392 e. The van der Waals surface area contributed by atoms with Crippen molar-refractivity contribution >= 4 is 29.1 Å². The average molecular weight is 629 g/mol. The molecule has 3 atom stereocenters. The van der Waals surface area contributed by atoms with Crippen LogP contribution in [0.2, 0.25) is 10.3 Å². The lowest BCUT2D eigenvalue weighted by atomic mass is 9.99. The molecule has 1 fully saturated rings. The summed E-state index contributed by atoms with van der Waals surface area (Å²) >= 11 is 12.4. The first-order valence-corrected chi connectivity index (χ1v) is 15.1. The number of rotatable bonds is 9. The molecule has 1 aliphatic rings. The Bertz CT molecular complexity index is 1710. The Kier molecular flexibility index (Phi) is 9.40. The van der Waals surface area contributed by atoms with Gasteiger partial charge in [-0.15, -0.1) is 0 Å². The van der Waals surface area contributed by atoms with Gasteiger partial charge in [0.05, 0.1) is 31.7 Å². The highest BCUT2D eigenvalue weighted by Gasteiger charge is 2.33. The maximum absolute atomic E-state index is 12.5. The first-order chi connectivity index (χ1) is 21.5. The van der Waals surface area contributed by atoms with Gasteiger partial charge in [-0.2, -0.15) is 0 Å². The number of halogens is 2. The number of nitrogens with zero attached hydrogens (tertiary/aromatic N) is 2. The van der Waals surface area contributed by atoms with E-state index in [0.29, 0.717) is 30.2 Å². The van der Waals surface area contributed by atoms with Crippen molar-refractivity contribution in [2.24, 2.45) is 0 Å². The van der Waals surface area contributed by atoms with Gasteiger partial charge in [0.1, 0.15) is 5.15 Å². The van der Waals surface area contributed by atoms with Gasteiger partial charge in [-0.3, -0.25) is 4.79 Å². The molecular formula is C35H31Cl2N3O4. The van der Waals surface area contributed by atoms with Crippen molar-refractivity contribution in [3.8, 4) is 11.1 Å². The molecule has 1 aliphatic heterocycles. The van der Waals surface area contributed by atoms with Crippen LogP contribution >= 0.6 is 23.2 Å². The summed E-state index contributed by atoms with van der Waals surface area (Å²) in [5.41, 5.74) is 6.45. The van der Waals surface area contributed by atoms with Gasteiger partial charge in [-0.25, -0.2) is 4.98 Å². The predicted molar refractivity (Wildman–Crippen MR) is 170 cm³/mol. The van der Waals surface area contributed by atoms with Crippen molar-refractivity contribution in [2.45, 2.75) is 44.6 Å². The van der Waals surface area contributed by atoms with Crippen LogP contribution < -0.4 is 5.32 Å². The predicted octanol–water partition coefficient (Wildman–Crippen LogP) is 7.52. The van der Waals surface area contributed by atoms with Crippen LogP contribution in [0.5, 0.6) is 0 Å². The van der Waals surface area contributed by atoms with E-state index in [-0.39, 0.29) is 29.9 Å². The molecule has 1 saturated heterocycles. The van der Waals surface area contributed by atoms with Crippen LogP contribution in [0.25, 0.3) is 11.1 Å². The fourth-order valence-corrected chi connectivity index (χ4v) is 5.60. The van der Waals surface area contributed by atoms with Crippen molar-refractivity contribution in [1.29, 1.82) is 0 Å². The van der Waals surface area contributed by atoms with E-state index in [1.165, 1.54) is 0 Å². The molecule has 0 radical (unpaired) electrons. The number of carbonyl (C=O) groups excluding carboxylic acids is 1. The molecule has 0 aliphatic carbocycles. The summed E-state index contributed by atoms with van der Waals surface area (Å²) in [6.07, 6.45) is 1.16. The lowest BCUT2D eigenvalue weighted by molar-refractivity contribution is -0.252. The zero-order valence-electron chi connectivity index (χ0n) is 23.8. The third kappa shape index (κ3) is 7.04. The van der Waals surface area contributed by atoms with Gasteiger partial charge in [0, 0.05) is 24.1 Å². The molecule has 224 valence electrons. The lowest BCUT2D eigenvalue weighted by Crippen LogP contribution is -2.32. The number of aliphatic hydroxyl groups excluding tert-OH is 1. The number of benzene rings is 4. The molecule has 0 saturated carbocycles. The molecule has 4 aromatic carbocycles. The number of ether oxygens (including phenoxy) is 2. The van der Waals surface area contributed by atoms with E-state index < -0.39 is 6.29 Å². The second-order valence-electron chi connectivity index (χ2n) is 10.7. The van der Waals surface area contributed by atoms with Crippen molar-refractivity contribution < 1.29 is 19.4 Å². The van der Waals surface area contributed by atoms with Crippen LogP contribution in [0.1, 0.15) is 51.4 Å². The Hall–Kier alpha value is -3.98. The van der Waals surface area contributed by atoms with Gasteiger partial charge in [0.15, 0.2) is 11.4 Å². The SMILES string of the molecule is O=C(NCc1cccc(-c2ccc(C3OC(Cn4cnc(Cl)c4Cl)CC(c4ccc(CO)cc4)O3)cc2)c1)c1ccccc1. The van der Waals surface area contributed by atoms with Gasteiger partial charge < -0.3 is 24.5 Å². The number of nitrogens with one attached hydrogen (secondary N) is 1. The van der Waals surface area contributed by atoms with E-state index in [1.807, 2.05) is 84.9 Å². The smallest absolute Gasteiger partial charge is 0.251 e. The monoisotopic (exact) mass is 627 g/mol. The van der Waals surface area contributed by atoms with Gasteiger partial charge in [0.2, 0.25) is 0 Å². The van der Waals surface area contributed by atoms with Gasteiger partial charge >= 0.3 is 0 Å². The number of carbonyl (C=O) groups is 1. The zero-order chi connectivity index (χ0) is 30.5. The molecule has 2 heterocycles. The van der Waals surface area contributed by atoms with Crippen molar-refractivity contribution in [3.63, 3.8) is 0 Å². The number of hydrogen-bond donors (Lipinski definition) is 2. The Labute approximate surface area is 266 Å². The van der Waals surface area contributed by atoms with E-state index in [0.717, 1.165) is 33.4 Å². The van der Waals surface area contributed by atoms with Crippen LogP contribution in [0.4, 0.5) is 0 Å². The molecule has 6 rings (SSSR count). The molecule has 9 heteroatoms. The summed E-state index contributed by atoms with van der Waals surface area (Å²) in [7, 11) is 0. The number of aliphatic hydroxyl groups is 1. The zero-order valence-corrected chi connectivity index (χ0v) is 25.3. The Balaban J connectivity index is 1.18. The van der Waals surface area contributed by atoms with E-state index in [4.69, 9.17) is 32.7 Å². The van der Waals surface area contributed by atoms with Gasteiger partial charge in [-0.05, 0) is 46.0 Å². The first kappa shape index (κ1) is 30.1. The second kappa shape index (κ2) is 13.8. The Morgan fingerprint density at radius 1 is 0.864 bits per heavy atom. The number of aromatic nitrogens is 2. The van der Waals surface area contributed by atoms with E-state index in [2.05, 4.69) is 16.4 Å². The number of hydrogen-bond acceptors (Lipinski definition) is 5. The molecule has 1 amide bonds. The van der Waals surface area contributed by atoms with Crippen LogP contribution in [0.15, 0.2) is 109 Å². The molecule has 7 nitrogen and oxygen atoms in total. The van der Waals surface area contributed by atoms with Crippen molar-refractivity contribution in [1.82, 2.24) is 14.9 Å². The number of imidazole rings is 1. The minimum absolute atomic E-state index is 0.0162. The molecule has 1 aromatic heterocycles. The van der Waals surface area contributed by atoms with E-state index in [1.54, 1.807) is 23.0 Å². The highest BCUT2D eigenvalue weighted by Crippen LogP contribution is 2.39. The molecule has 0 spiro atoms. The first-order valence-electron chi connectivity index (χ1n) is 14.4.